The fraction of sp³-hybridized carbons (Fsp3) is 0.800. The van der Waals surface area contributed by atoms with E-state index in [0.29, 0.717) is 0 Å². The number of hydrogen-bond acceptors (Lipinski definition) is 3. The van der Waals surface area contributed by atoms with Crippen molar-refractivity contribution in [1.29, 1.82) is 0 Å². The molecule has 0 aliphatic heterocycles. The molecule has 0 fully saturated rings. The Hall–Kier alpha value is -0.580. The molecule has 0 spiro atoms. The Morgan fingerprint density at radius 1 is 1.35 bits per heavy atom. The van der Waals surface area contributed by atoms with Crippen LogP contribution in [0.15, 0.2) is 0 Å². The Bertz CT molecular complexity index is 415. The molecule has 0 bridgehead atoms. The Balaban J connectivity index is 2.59. The average Bonchev–Trinajstić information content (AvgIpc) is 2.73. The predicted molar refractivity (Wildman–Crippen MR) is 84.1 cm³/mol. The van der Waals surface area contributed by atoms with Gasteiger partial charge in [0.05, 0.1) is 16.4 Å². The summed E-state index contributed by atoms with van der Waals surface area (Å²) in [7, 11) is 0. The van der Waals surface area contributed by atoms with Gasteiger partial charge in [0.1, 0.15) is 0 Å². The summed E-state index contributed by atoms with van der Waals surface area (Å²) in [6.45, 7) is 11.3. The summed E-state index contributed by atoms with van der Waals surface area (Å²) in [4.78, 5) is 0. The highest BCUT2D eigenvalue weighted by molar-refractivity contribution is 6.31. The van der Waals surface area contributed by atoms with Gasteiger partial charge in [0.15, 0.2) is 0 Å². The molecule has 116 valence electrons. The lowest BCUT2D eigenvalue weighted by Crippen LogP contribution is -2.30. The SMILES string of the molecule is CCc1nn(CC)c(CNCC(C)(C)CCCO)c1Cl. The maximum absolute atomic E-state index is 8.92. The first-order valence-electron chi connectivity index (χ1n) is 7.50. The van der Waals surface area contributed by atoms with Gasteiger partial charge in [-0.3, -0.25) is 4.68 Å². The number of aliphatic hydroxyl groups is 1. The molecule has 1 rings (SSSR count). The molecule has 20 heavy (non-hydrogen) atoms. The third-order valence-electron chi connectivity index (χ3n) is 3.60. The molecule has 1 heterocycles. The van der Waals surface area contributed by atoms with Gasteiger partial charge in [-0.05, 0) is 31.6 Å². The van der Waals surface area contributed by atoms with Gasteiger partial charge in [0.2, 0.25) is 0 Å². The minimum Gasteiger partial charge on any atom is -0.396 e. The second-order valence-corrected chi connectivity index (χ2v) is 6.35. The van der Waals surface area contributed by atoms with E-state index in [4.69, 9.17) is 16.7 Å². The number of aromatic nitrogens is 2. The third-order valence-corrected chi connectivity index (χ3v) is 4.04. The van der Waals surface area contributed by atoms with Crippen LogP contribution in [0, 0.1) is 5.41 Å². The molecule has 5 heteroatoms. The first kappa shape index (κ1) is 17.5. The molecule has 1 aromatic heterocycles. The van der Waals surface area contributed by atoms with E-state index in [0.717, 1.165) is 55.3 Å². The highest BCUT2D eigenvalue weighted by atomic mass is 35.5. The lowest BCUT2D eigenvalue weighted by molar-refractivity contribution is 0.236. The predicted octanol–water partition coefficient (Wildman–Crippen LogP) is 3.01. The Morgan fingerprint density at radius 3 is 2.60 bits per heavy atom. The Morgan fingerprint density at radius 2 is 2.05 bits per heavy atom. The van der Waals surface area contributed by atoms with E-state index in [2.05, 4.69) is 38.1 Å². The Kier molecular flexibility index (Phi) is 7.00. The van der Waals surface area contributed by atoms with Crippen molar-refractivity contribution >= 4 is 11.6 Å². The number of hydrogen-bond donors (Lipinski definition) is 2. The van der Waals surface area contributed by atoms with Gasteiger partial charge in [-0.1, -0.05) is 32.4 Å². The largest absolute Gasteiger partial charge is 0.396 e. The summed E-state index contributed by atoms with van der Waals surface area (Å²) in [5.74, 6) is 0. The fourth-order valence-corrected chi connectivity index (χ4v) is 2.69. The van der Waals surface area contributed by atoms with E-state index in [1.807, 2.05) is 4.68 Å². The van der Waals surface area contributed by atoms with Crippen molar-refractivity contribution in [3.8, 4) is 0 Å². The van der Waals surface area contributed by atoms with Crippen molar-refractivity contribution in [2.75, 3.05) is 13.2 Å². The zero-order chi connectivity index (χ0) is 15.2. The van der Waals surface area contributed by atoms with Crippen LogP contribution in [0.5, 0.6) is 0 Å². The van der Waals surface area contributed by atoms with Crippen molar-refractivity contribution in [3.63, 3.8) is 0 Å². The molecular weight excluding hydrogens is 274 g/mol. The topological polar surface area (TPSA) is 50.1 Å². The summed E-state index contributed by atoms with van der Waals surface area (Å²) in [5.41, 5.74) is 2.23. The van der Waals surface area contributed by atoms with Crippen LogP contribution in [0.3, 0.4) is 0 Å². The molecule has 4 nitrogen and oxygen atoms in total. The zero-order valence-electron chi connectivity index (χ0n) is 13.2. The smallest absolute Gasteiger partial charge is 0.0863 e. The number of nitrogens with zero attached hydrogens (tertiary/aromatic N) is 2. The zero-order valence-corrected chi connectivity index (χ0v) is 13.9. The van der Waals surface area contributed by atoms with Crippen LogP contribution < -0.4 is 5.32 Å². The number of aliphatic hydroxyl groups excluding tert-OH is 1. The van der Waals surface area contributed by atoms with Gasteiger partial charge in [-0.25, -0.2) is 0 Å². The first-order valence-corrected chi connectivity index (χ1v) is 7.88. The van der Waals surface area contributed by atoms with E-state index in [9.17, 15) is 0 Å². The molecule has 0 unspecified atom stereocenters. The summed E-state index contributed by atoms with van der Waals surface area (Å²) in [6, 6.07) is 0. The average molecular weight is 302 g/mol. The number of nitrogens with one attached hydrogen (secondary N) is 1. The van der Waals surface area contributed by atoms with Crippen molar-refractivity contribution < 1.29 is 5.11 Å². The summed E-state index contributed by atoms with van der Waals surface area (Å²) < 4.78 is 1.98. The normalized spacial score (nSPS) is 12.1. The lowest BCUT2D eigenvalue weighted by atomic mass is 9.88. The van der Waals surface area contributed by atoms with E-state index >= 15 is 0 Å². The Labute approximate surface area is 127 Å². The second kappa shape index (κ2) is 8.01. The van der Waals surface area contributed by atoms with E-state index in [1.54, 1.807) is 0 Å². The van der Waals surface area contributed by atoms with E-state index < -0.39 is 0 Å². The molecule has 0 aliphatic carbocycles. The standard InChI is InChI=1S/C15H28ClN3O/c1-5-12-14(16)13(19(6-2)18-12)10-17-11-15(3,4)8-7-9-20/h17,20H,5-11H2,1-4H3. The molecule has 1 aromatic rings. The highest BCUT2D eigenvalue weighted by Crippen LogP contribution is 2.23. The van der Waals surface area contributed by atoms with Crippen LogP contribution in [0.4, 0.5) is 0 Å². The van der Waals surface area contributed by atoms with Crippen molar-refractivity contribution in [3.05, 3.63) is 16.4 Å². The summed E-state index contributed by atoms with van der Waals surface area (Å²) in [5, 5.41) is 17.7. The molecular formula is C15H28ClN3O. The maximum atomic E-state index is 8.92. The van der Waals surface area contributed by atoms with Gasteiger partial charge in [0.25, 0.3) is 0 Å². The van der Waals surface area contributed by atoms with Crippen LogP contribution >= 0.6 is 11.6 Å². The molecule has 0 atom stereocenters. The minimum atomic E-state index is 0.180. The maximum Gasteiger partial charge on any atom is 0.0863 e. The van der Waals surface area contributed by atoms with Crippen molar-refractivity contribution in [2.24, 2.45) is 5.41 Å². The second-order valence-electron chi connectivity index (χ2n) is 5.97. The molecule has 0 radical (unpaired) electrons. The quantitative estimate of drug-likeness (QED) is 0.737. The molecule has 0 saturated carbocycles. The van der Waals surface area contributed by atoms with E-state index in [-0.39, 0.29) is 12.0 Å². The van der Waals surface area contributed by atoms with Gasteiger partial charge in [-0.2, -0.15) is 5.10 Å². The van der Waals surface area contributed by atoms with Gasteiger partial charge >= 0.3 is 0 Å². The van der Waals surface area contributed by atoms with Crippen LogP contribution in [0.1, 0.15) is 51.9 Å². The highest BCUT2D eigenvalue weighted by Gasteiger charge is 2.18. The van der Waals surface area contributed by atoms with Crippen molar-refractivity contribution in [1.82, 2.24) is 15.1 Å². The summed E-state index contributed by atoms with van der Waals surface area (Å²) >= 11 is 6.39. The van der Waals surface area contributed by atoms with Crippen molar-refractivity contribution in [2.45, 2.75) is 60.0 Å². The number of rotatable bonds is 9. The minimum absolute atomic E-state index is 0.180. The fourth-order valence-electron chi connectivity index (χ4n) is 2.35. The molecule has 0 saturated heterocycles. The third kappa shape index (κ3) is 4.76. The van der Waals surface area contributed by atoms with Gasteiger partial charge in [0, 0.05) is 26.2 Å². The number of halogens is 1. The van der Waals surface area contributed by atoms with E-state index in [1.165, 1.54) is 0 Å². The molecule has 0 amide bonds. The van der Waals surface area contributed by atoms with Gasteiger partial charge < -0.3 is 10.4 Å². The van der Waals surface area contributed by atoms with Crippen LogP contribution in [0.25, 0.3) is 0 Å². The van der Waals surface area contributed by atoms with Gasteiger partial charge in [-0.15, -0.1) is 0 Å². The monoisotopic (exact) mass is 301 g/mol. The summed E-state index contributed by atoms with van der Waals surface area (Å²) in [6.07, 6.45) is 2.72. The van der Waals surface area contributed by atoms with Crippen LogP contribution in [0.2, 0.25) is 5.02 Å². The number of aryl methyl sites for hydroxylation is 2. The lowest BCUT2D eigenvalue weighted by Gasteiger charge is -2.24. The first-order chi connectivity index (χ1) is 9.45. The molecule has 0 aliphatic rings. The van der Waals surface area contributed by atoms with Crippen LogP contribution in [-0.2, 0) is 19.5 Å². The molecule has 0 aromatic carbocycles. The molecule has 2 N–H and O–H groups in total. The van der Waals surface area contributed by atoms with Crippen LogP contribution in [-0.4, -0.2) is 28.0 Å².